The van der Waals surface area contributed by atoms with Gasteiger partial charge < -0.3 is 0 Å². The summed E-state index contributed by atoms with van der Waals surface area (Å²) in [6.07, 6.45) is 9.18. The number of carbonyl (C=O) groups is 1. The first-order chi connectivity index (χ1) is 14.5. The lowest BCUT2D eigenvalue weighted by atomic mass is 10.0. The Morgan fingerprint density at radius 1 is 1.27 bits per heavy atom. The number of thioether (sulfide) groups is 1. The number of carbonyl (C=O) groups excluding carboxylic acids is 1. The molecule has 7 nitrogen and oxygen atoms in total. The van der Waals surface area contributed by atoms with Gasteiger partial charge in [0, 0.05) is 29.2 Å². The molecule has 4 rings (SSSR count). The van der Waals surface area contributed by atoms with Gasteiger partial charge >= 0.3 is 0 Å². The Labute approximate surface area is 184 Å². The van der Waals surface area contributed by atoms with Gasteiger partial charge in [-0.1, -0.05) is 17.8 Å². The summed E-state index contributed by atoms with van der Waals surface area (Å²) in [5.41, 5.74) is 4.09. The van der Waals surface area contributed by atoms with Crippen LogP contribution in [0.3, 0.4) is 0 Å². The average molecular weight is 443 g/mol. The van der Waals surface area contributed by atoms with Crippen molar-refractivity contribution in [3.05, 3.63) is 40.2 Å². The highest BCUT2D eigenvalue weighted by Gasteiger charge is 2.23. The van der Waals surface area contributed by atoms with Gasteiger partial charge in [0.2, 0.25) is 11.1 Å². The average Bonchev–Trinajstić information content (AvgIpc) is 3.35. The van der Waals surface area contributed by atoms with Gasteiger partial charge in [-0.05, 0) is 57.8 Å². The molecular weight excluding hydrogens is 416 g/mol. The monoisotopic (exact) mass is 442 g/mol. The zero-order chi connectivity index (χ0) is 21.3. The predicted octanol–water partition coefficient (Wildman–Crippen LogP) is 3.95. The topological polar surface area (TPSA) is 76.3 Å². The van der Waals surface area contributed by atoms with E-state index < -0.39 is 0 Å². The Hall–Kier alpha value is -2.26. The van der Waals surface area contributed by atoms with Gasteiger partial charge in [-0.15, -0.1) is 23.0 Å². The van der Waals surface area contributed by atoms with Crippen molar-refractivity contribution in [1.29, 1.82) is 0 Å². The fraction of sp³-hybridized carbons (Fsp3) is 0.476. The first-order valence-corrected chi connectivity index (χ1v) is 12.2. The Balaban J connectivity index is 1.55. The van der Waals surface area contributed by atoms with E-state index in [4.69, 9.17) is 4.98 Å². The number of rotatable bonds is 7. The molecule has 0 saturated carbocycles. The zero-order valence-corrected chi connectivity index (χ0v) is 19.3. The first-order valence-electron chi connectivity index (χ1n) is 10.2. The van der Waals surface area contributed by atoms with Crippen LogP contribution in [0.5, 0.6) is 0 Å². The Morgan fingerprint density at radius 3 is 2.80 bits per heavy atom. The van der Waals surface area contributed by atoms with Crippen LogP contribution in [-0.4, -0.2) is 43.3 Å². The van der Waals surface area contributed by atoms with Gasteiger partial charge in [-0.2, -0.15) is 4.98 Å². The fourth-order valence-electron chi connectivity index (χ4n) is 3.87. The Kier molecular flexibility index (Phi) is 6.19. The van der Waals surface area contributed by atoms with E-state index in [2.05, 4.69) is 21.6 Å². The van der Waals surface area contributed by atoms with Crippen molar-refractivity contribution < 1.29 is 4.79 Å². The van der Waals surface area contributed by atoms with Crippen molar-refractivity contribution in [2.75, 3.05) is 17.7 Å². The van der Waals surface area contributed by atoms with Crippen molar-refractivity contribution in [2.24, 2.45) is 0 Å². The van der Waals surface area contributed by atoms with Gasteiger partial charge in [-0.25, -0.2) is 14.5 Å². The second-order valence-corrected chi connectivity index (χ2v) is 9.27. The molecule has 1 aliphatic carbocycles. The number of anilines is 1. The molecule has 3 aromatic heterocycles. The van der Waals surface area contributed by atoms with Crippen molar-refractivity contribution in [1.82, 2.24) is 24.6 Å². The van der Waals surface area contributed by atoms with E-state index in [0.717, 1.165) is 34.9 Å². The molecule has 0 aromatic carbocycles. The first kappa shape index (κ1) is 21.0. The number of aromatic nitrogens is 5. The summed E-state index contributed by atoms with van der Waals surface area (Å²) in [5, 5.41) is 6.00. The van der Waals surface area contributed by atoms with E-state index in [1.165, 1.54) is 35.2 Å². The van der Waals surface area contributed by atoms with Crippen LogP contribution in [0.15, 0.2) is 17.8 Å². The lowest BCUT2D eigenvalue weighted by Gasteiger charge is -2.18. The number of aryl methyl sites for hydroxylation is 4. The maximum atomic E-state index is 13.1. The highest BCUT2D eigenvalue weighted by atomic mass is 32.2. The van der Waals surface area contributed by atoms with Crippen molar-refractivity contribution in [2.45, 2.75) is 57.5 Å². The molecule has 1 amide bonds. The number of hydrogen-bond acceptors (Lipinski definition) is 7. The number of hydrogen-bond donors (Lipinski definition) is 0. The summed E-state index contributed by atoms with van der Waals surface area (Å²) < 4.78 is 1.77. The number of amides is 1. The zero-order valence-electron chi connectivity index (χ0n) is 17.6. The van der Waals surface area contributed by atoms with Crippen LogP contribution in [0.25, 0.3) is 5.78 Å². The minimum atomic E-state index is 0.0586. The smallest absolute Gasteiger partial charge is 0.253 e. The van der Waals surface area contributed by atoms with E-state index >= 15 is 0 Å². The van der Waals surface area contributed by atoms with Gasteiger partial charge in [0.25, 0.3) is 5.78 Å². The quantitative estimate of drug-likeness (QED) is 0.407. The third kappa shape index (κ3) is 4.00. The molecule has 1 aliphatic rings. The molecule has 0 atom stereocenters. The van der Waals surface area contributed by atoms with Crippen LogP contribution >= 0.6 is 23.1 Å². The normalized spacial score (nSPS) is 13.4. The van der Waals surface area contributed by atoms with Crippen LogP contribution < -0.4 is 4.90 Å². The molecule has 0 radical (unpaired) electrons. The van der Waals surface area contributed by atoms with E-state index in [0.29, 0.717) is 30.3 Å². The van der Waals surface area contributed by atoms with Gasteiger partial charge in [0.05, 0.1) is 5.69 Å². The highest BCUT2D eigenvalue weighted by Crippen LogP contribution is 2.32. The number of fused-ring (bicyclic) bond motifs is 2. The summed E-state index contributed by atoms with van der Waals surface area (Å²) in [7, 11) is 0. The van der Waals surface area contributed by atoms with E-state index in [9.17, 15) is 4.79 Å². The lowest BCUT2D eigenvalue weighted by Crippen LogP contribution is -2.31. The fourth-order valence-corrected chi connectivity index (χ4v) is 5.39. The molecule has 0 spiro atoms. The van der Waals surface area contributed by atoms with Gasteiger partial charge in [-0.3, -0.25) is 9.69 Å². The molecule has 9 heteroatoms. The molecule has 158 valence electrons. The minimum Gasteiger partial charge on any atom is -0.284 e. The standard InChI is InChI=1S/C21H26N6OS2/c1-5-12-26(21-23-16-8-6-7-9-17(16)30-21)18(28)11-10-15-13(2)22-19-24-20(29-4)25-27(19)14(15)3/h5H,1,6-12H2,2-4H3. The SMILES string of the molecule is C=CCN(C(=O)CCc1c(C)nc2nc(SC)nn2c1C)c1nc2c(s1)CCCC2. The second kappa shape index (κ2) is 8.85. The Bertz CT molecular complexity index is 1080. The molecule has 0 fully saturated rings. The van der Waals surface area contributed by atoms with Crippen LogP contribution in [0.1, 0.15) is 46.8 Å². The van der Waals surface area contributed by atoms with E-state index in [-0.39, 0.29) is 5.91 Å². The van der Waals surface area contributed by atoms with E-state index in [1.54, 1.807) is 26.8 Å². The van der Waals surface area contributed by atoms with Crippen LogP contribution in [-0.2, 0) is 24.1 Å². The summed E-state index contributed by atoms with van der Waals surface area (Å²) in [6, 6.07) is 0. The Morgan fingerprint density at radius 2 is 2.07 bits per heavy atom. The molecule has 0 N–H and O–H groups in total. The van der Waals surface area contributed by atoms with Crippen molar-refractivity contribution in [3.63, 3.8) is 0 Å². The lowest BCUT2D eigenvalue weighted by molar-refractivity contribution is -0.118. The second-order valence-electron chi connectivity index (χ2n) is 7.44. The van der Waals surface area contributed by atoms with Crippen molar-refractivity contribution in [3.8, 4) is 0 Å². The molecule has 0 bridgehead atoms. The van der Waals surface area contributed by atoms with Crippen molar-refractivity contribution >= 4 is 39.9 Å². The molecule has 0 unspecified atom stereocenters. The maximum absolute atomic E-state index is 13.1. The summed E-state index contributed by atoms with van der Waals surface area (Å²) in [6.45, 7) is 8.29. The van der Waals surface area contributed by atoms with Gasteiger partial charge in [0.1, 0.15) is 0 Å². The van der Waals surface area contributed by atoms with Crippen LogP contribution in [0, 0.1) is 13.8 Å². The van der Waals surface area contributed by atoms with Crippen LogP contribution in [0.2, 0.25) is 0 Å². The molecule has 3 aromatic rings. The molecule has 0 saturated heterocycles. The molecule has 30 heavy (non-hydrogen) atoms. The summed E-state index contributed by atoms with van der Waals surface area (Å²) >= 11 is 3.15. The molecule has 0 aliphatic heterocycles. The van der Waals surface area contributed by atoms with Crippen LogP contribution in [0.4, 0.5) is 5.13 Å². The largest absolute Gasteiger partial charge is 0.284 e. The molecule has 3 heterocycles. The minimum absolute atomic E-state index is 0.0586. The summed E-state index contributed by atoms with van der Waals surface area (Å²) in [5.74, 6) is 0.661. The molecular formula is C21H26N6OS2. The third-order valence-electron chi connectivity index (χ3n) is 5.48. The maximum Gasteiger partial charge on any atom is 0.253 e. The highest BCUT2D eigenvalue weighted by molar-refractivity contribution is 7.98. The predicted molar refractivity (Wildman–Crippen MR) is 122 cm³/mol. The number of nitrogens with zero attached hydrogens (tertiary/aromatic N) is 6. The third-order valence-corrected chi connectivity index (χ3v) is 7.20. The summed E-state index contributed by atoms with van der Waals surface area (Å²) in [4.78, 5) is 30.0. The van der Waals surface area contributed by atoms with E-state index in [1.807, 2.05) is 20.1 Å². The van der Waals surface area contributed by atoms with Gasteiger partial charge in [0.15, 0.2) is 5.13 Å². The number of thiazole rings is 1.